The zero-order valence-electron chi connectivity index (χ0n) is 21.8. The van der Waals surface area contributed by atoms with E-state index >= 15 is 0 Å². The van der Waals surface area contributed by atoms with E-state index < -0.39 is 17.6 Å². The van der Waals surface area contributed by atoms with Crippen molar-refractivity contribution in [2.75, 3.05) is 38.0 Å². The number of benzene rings is 2. The predicted molar refractivity (Wildman–Crippen MR) is 139 cm³/mol. The van der Waals surface area contributed by atoms with Gasteiger partial charge in [-0.3, -0.25) is 9.69 Å². The van der Waals surface area contributed by atoms with E-state index in [0.717, 1.165) is 50.0 Å². The first-order valence-electron chi connectivity index (χ1n) is 12.7. The number of rotatable bonds is 8. The molecule has 2 aromatic carbocycles. The number of nitrogens with zero attached hydrogens (tertiary/aromatic N) is 4. The van der Waals surface area contributed by atoms with Crippen molar-refractivity contribution in [2.45, 2.75) is 39.9 Å². The van der Waals surface area contributed by atoms with E-state index in [1.165, 1.54) is 18.5 Å². The van der Waals surface area contributed by atoms with Gasteiger partial charge < -0.3 is 15.0 Å². The van der Waals surface area contributed by atoms with Gasteiger partial charge in [-0.25, -0.2) is 9.97 Å². The molecule has 0 spiro atoms. The van der Waals surface area contributed by atoms with Crippen LogP contribution in [0.3, 0.4) is 0 Å². The summed E-state index contributed by atoms with van der Waals surface area (Å²) in [4.78, 5) is 25.5. The molecule has 4 rings (SSSR count). The highest BCUT2D eigenvalue weighted by molar-refractivity contribution is 6.04. The van der Waals surface area contributed by atoms with E-state index in [4.69, 9.17) is 4.74 Å². The second-order valence-corrected chi connectivity index (χ2v) is 9.32. The van der Waals surface area contributed by atoms with Crippen LogP contribution in [0.2, 0.25) is 0 Å². The Balaban J connectivity index is 1.50. The van der Waals surface area contributed by atoms with Crippen LogP contribution in [0.4, 0.5) is 18.9 Å². The van der Waals surface area contributed by atoms with Crippen molar-refractivity contribution < 1.29 is 22.7 Å². The van der Waals surface area contributed by atoms with Gasteiger partial charge in [-0.2, -0.15) is 13.2 Å². The number of nitrogens with one attached hydrogen (secondary N) is 1. The lowest BCUT2D eigenvalue weighted by Crippen LogP contribution is -2.45. The van der Waals surface area contributed by atoms with E-state index in [0.29, 0.717) is 18.1 Å². The molecule has 0 aliphatic carbocycles. The van der Waals surface area contributed by atoms with Crippen molar-refractivity contribution in [1.29, 1.82) is 0 Å². The molecular weight excluding hydrogens is 495 g/mol. The van der Waals surface area contributed by atoms with Gasteiger partial charge in [0.25, 0.3) is 5.91 Å². The highest BCUT2D eigenvalue weighted by Crippen LogP contribution is 2.35. The summed E-state index contributed by atoms with van der Waals surface area (Å²) in [5, 5.41) is 2.60. The number of carbonyl (C=O) groups excluding carboxylic acids is 1. The third-order valence-corrected chi connectivity index (χ3v) is 6.70. The average molecular weight is 528 g/mol. The Labute approximate surface area is 220 Å². The van der Waals surface area contributed by atoms with Crippen LogP contribution in [0.1, 0.15) is 46.6 Å². The van der Waals surface area contributed by atoms with Crippen LogP contribution in [0.25, 0.3) is 0 Å². The fraction of sp³-hybridized carbons (Fsp3) is 0.393. The van der Waals surface area contributed by atoms with Crippen molar-refractivity contribution in [3.63, 3.8) is 0 Å². The van der Waals surface area contributed by atoms with Crippen molar-refractivity contribution in [3.05, 3.63) is 76.7 Å². The van der Waals surface area contributed by atoms with Crippen molar-refractivity contribution in [2.24, 2.45) is 0 Å². The highest BCUT2D eigenvalue weighted by atomic mass is 19.4. The topological polar surface area (TPSA) is 70.6 Å². The largest absolute Gasteiger partial charge is 0.439 e. The number of amides is 1. The molecule has 1 N–H and O–H groups in total. The zero-order valence-corrected chi connectivity index (χ0v) is 21.8. The van der Waals surface area contributed by atoms with E-state index in [9.17, 15) is 18.0 Å². The van der Waals surface area contributed by atoms with Gasteiger partial charge in [0.2, 0.25) is 5.88 Å². The fourth-order valence-corrected chi connectivity index (χ4v) is 4.35. The molecule has 0 bridgehead atoms. The molecule has 3 aromatic rings. The number of halogens is 3. The molecule has 0 unspecified atom stereocenters. The predicted octanol–water partition coefficient (Wildman–Crippen LogP) is 5.55. The molecule has 0 radical (unpaired) electrons. The van der Waals surface area contributed by atoms with Crippen LogP contribution in [0.15, 0.2) is 48.8 Å². The van der Waals surface area contributed by atoms with Crippen molar-refractivity contribution in [3.8, 4) is 11.6 Å². The van der Waals surface area contributed by atoms with E-state index in [1.807, 2.05) is 18.7 Å². The Morgan fingerprint density at radius 3 is 2.42 bits per heavy atom. The average Bonchev–Trinajstić information content (AvgIpc) is 2.90. The van der Waals surface area contributed by atoms with Crippen LogP contribution >= 0.6 is 0 Å². The first kappa shape index (κ1) is 27.5. The fourth-order valence-electron chi connectivity index (χ4n) is 4.35. The lowest BCUT2D eigenvalue weighted by atomic mass is 10.0. The minimum atomic E-state index is -4.54. The number of hydrogen-bond donors (Lipinski definition) is 1. The molecule has 0 atom stereocenters. The number of ether oxygens (including phenoxy) is 1. The maximum Gasteiger partial charge on any atom is 0.416 e. The molecule has 202 valence electrons. The summed E-state index contributed by atoms with van der Waals surface area (Å²) in [6.45, 7) is 10.1. The van der Waals surface area contributed by atoms with Crippen LogP contribution in [-0.2, 0) is 19.1 Å². The molecule has 1 amide bonds. The summed E-state index contributed by atoms with van der Waals surface area (Å²) < 4.78 is 47.7. The first-order chi connectivity index (χ1) is 18.2. The Bertz CT molecular complexity index is 1270. The van der Waals surface area contributed by atoms with Crippen LogP contribution in [0, 0.1) is 6.92 Å². The van der Waals surface area contributed by atoms with E-state index in [2.05, 4.69) is 27.1 Å². The maximum absolute atomic E-state index is 14.0. The standard InChI is InChI=1S/C28H32F3N5O2/c1-4-22-16-26(33-18-32-22)38-25-14-20(7-6-19(25)3)27(37)34-23-9-8-21(24(15-23)28(29,30)31)17-36-12-10-35(5-2)11-13-36/h6-9,14-16,18H,4-5,10-13,17H2,1-3H3,(H,34,37). The summed E-state index contributed by atoms with van der Waals surface area (Å²) in [5.41, 5.74) is 1.38. The minimum Gasteiger partial charge on any atom is -0.439 e. The molecule has 1 saturated heterocycles. The second-order valence-electron chi connectivity index (χ2n) is 9.32. The summed E-state index contributed by atoms with van der Waals surface area (Å²) in [6.07, 6.45) is -2.41. The number of likely N-dealkylation sites (N-methyl/N-ethyl adjacent to an activating group) is 1. The van der Waals surface area contributed by atoms with Gasteiger partial charge in [0.05, 0.1) is 5.56 Å². The zero-order chi connectivity index (χ0) is 27.3. The number of piperazine rings is 1. The number of anilines is 1. The molecule has 1 fully saturated rings. The molecule has 38 heavy (non-hydrogen) atoms. The lowest BCUT2D eigenvalue weighted by Gasteiger charge is -2.34. The Morgan fingerprint density at radius 1 is 1.00 bits per heavy atom. The first-order valence-corrected chi connectivity index (χ1v) is 12.7. The Kier molecular flexibility index (Phi) is 8.63. The molecule has 1 aliphatic heterocycles. The molecule has 7 nitrogen and oxygen atoms in total. The van der Waals surface area contributed by atoms with E-state index in [1.54, 1.807) is 24.3 Å². The number of hydrogen-bond acceptors (Lipinski definition) is 6. The van der Waals surface area contributed by atoms with Gasteiger partial charge in [0, 0.05) is 55.7 Å². The molecule has 10 heteroatoms. The van der Waals surface area contributed by atoms with Crippen LogP contribution < -0.4 is 10.1 Å². The number of carbonyl (C=O) groups is 1. The van der Waals surface area contributed by atoms with Gasteiger partial charge in [-0.15, -0.1) is 0 Å². The Morgan fingerprint density at radius 2 is 1.74 bits per heavy atom. The Hall–Kier alpha value is -3.50. The second kappa shape index (κ2) is 11.9. The van der Waals surface area contributed by atoms with Crippen LogP contribution in [0.5, 0.6) is 11.6 Å². The number of alkyl halides is 3. The normalized spacial score (nSPS) is 14.9. The van der Waals surface area contributed by atoms with Crippen molar-refractivity contribution >= 4 is 11.6 Å². The smallest absolute Gasteiger partial charge is 0.416 e. The quantitative estimate of drug-likeness (QED) is 0.414. The maximum atomic E-state index is 14.0. The summed E-state index contributed by atoms with van der Waals surface area (Å²) in [5.74, 6) is 0.232. The van der Waals surface area contributed by atoms with Gasteiger partial charge in [0.15, 0.2) is 0 Å². The van der Waals surface area contributed by atoms with Crippen molar-refractivity contribution in [1.82, 2.24) is 19.8 Å². The van der Waals surface area contributed by atoms with Gasteiger partial charge in [-0.05, 0) is 55.3 Å². The van der Waals surface area contributed by atoms with E-state index in [-0.39, 0.29) is 23.4 Å². The molecular formula is C28H32F3N5O2. The molecule has 1 aliphatic rings. The summed E-state index contributed by atoms with van der Waals surface area (Å²) in [7, 11) is 0. The summed E-state index contributed by atoms with van der Waals surface area (Å²) >= 11 is 0. The third kappa shape index (κ3) is 6.87. The van der Waals surface area contributed by atoms with Gasteiger partial charge in [-0.1, -0.05) is 26.0 Å². The number of aromatic nitrogens is 2. The lowest BCUT2D eigenvalue weighted by molar-refractivity contribution is -0.138. The number of aryl methyl sites for hydroxylation is 2. The molecule has 1 aromatic heterocycles. The third-order valence-electron chi connectivity index (χ3n) is 6.70. The summed E-state index contributed by atoms with van der Waals surface area (Å²) in [6, 6.07) is 10.6. The van der Waals surface area contributed by atoms with Gasteiger partial charge in [0.1, 0.15) is 12.1 Å². The molecule has 0 saturated carbocycles. The van der Waals surface area contributed by atoms with Gasteiger partial charge >= 0.3 is 6.18 Å². The SMILES string of the molecule is CCc1cc(Oc2cc(C(=O)Nc3ccc(CN4CCN(CC)CC4)c(C(F)(F)F)c3)ccc2C)ncn1. The van der Waals surface area contributed by atoms with Crippen LogP contribution in [-0.4, -0.2) is 58.4 Å². The highest BCUT2D eigenvalue weighted by Gasteiger charge is 2.34. The minimum absolute atomic E-state index is 0.0771. The monoisotopic (exact) mass is 527 g/mol. The molecule has 2 heterocycles.